The standard InChI is InChI=1S/C16H27N3/c1-3-5-7-8-14-17-19-18-16-12-10-15(11-13-16)9-6-4-2/h10-13H,3-9,14H2,1-2H3,(H,17,18). The Morgan fingerprint density at radius 1 is 0.895 bits per heavy atom. The Hall–Kier alpha value is -1.38. The lowest BCUT2D eigenvalue weighted by atomic mass is 10.1. The fraction of sp³-hybridized carbons (Fsp3) is 0.625. The van der Waals surface area contributed by atoms with Crippen molar-refractivity contribution in [3.05, 3.63) is 29.8 Å². The van der Waals surface area contributed by atoms with Crippen molar-refractivity contribution in [2.75, 3.05) is 12.0 Å². The van der Waals surface area contributed by atoms with E-state index >= 15 is 0 Å². The van der Waals surface area contributed by atoms with E-state index in [-0.39, 0.29) is 0 Å². The van der Waals surface area contributed by atoms with E-state index in [4.69, 9.17) is 0 Å². The molecular weight excluding hydrogens is 234 g/mol. The molecule has 0 radical (unpaired) electrons. The van der Waals surface area contributed by atoms with Crippen molar-refractivity contribution in [1.29, 1.82) is 0 Å². The Morgan fingerprint density at radius 2 is 1.63 bits per heavy atom. The highest BCUT2D eigenvalue weighted by atomic mass is 15.4. The molecule has 0 bridgehead atoms. The third kappa shape index (κ3) is 7.60. The lowest BCUT2D eigenvalue weighted by molar-refractivity contribution is 0.664. The highest BCUT2D eigenvalue weighted by Crippen LogP contribution is 2.11. The summed E-state index contributed by atoms with van der Waals surface area (Å²) in [5.74, 6) is 0. The zero-order valence-electron chi connectivity index (χ0n) is 12.4. The first-order valence-electron chi connectivity index (χ1n) is 7.58. The highest BCUT2D eigenvalue weighted by molar-refractivity contribution is 5.43. The van der Waals surface area contributed by atoms with Crippen LogP contribution in [0.3, 0.4) is 0 Å². The monoisotopic (exact) mass is 261 g/mol. The molecule has 3 heteroatoms. The molecule has 0 heterocycles. The maximum atomic E-state index is 4.12. The van der Waals surface area contributed by atoms with Gasteiger partial charge in [-0.2, -0.15) is 5.11 Å². The molecule has 1 aromatic carbocycles. The van der Waals surface area contributed by atoms with E-state index in [0.29, 0.717) is 0 Å². The fourth-order valence-corrected chi connectivity index (χ4v) is 1.88. The minimum atomic E-state index is 0.821. The second-order valence-corrected chi connectivity index (χ2v) is 4.94. The van der Waals surface area contributed by atoms with Crippen molar-refractivity contribution in [2.24, 2.45) is 10.3 Å². The van der Waals surface area contributed by atoms with E-state index in [1.54, 1.807) is 0 Å². The molecule has 0 saturated heterocycles. The van der Waals surface area contributed by atoms with Gasteiger partial charge in [-0.3, -0.25) is 5.43 Å². The van der Waals surface area contributed by atoms with Crippen LogP contribution < -0.4 is 5.43 Å². The van der Waals surface area contributed by atoms with Crippen molar-refractivity contribution >= 4 is 5.69 Å². The number of hydrogen-bond acceptors (Lipinski definition) is 2. The van der Waals surface area contributed by atoms with Gasteiger partial charge in [-0.1, -0.05) is 56.9 Å². The van der Waals surface area contributed by atoms with Gasteiger partial charge in [0.05, 0.1) is 12.2 Å². The molecule has 1 rings (SSSR count). The van der Waals surface area contributed by atoms with Crippen LogP contribution in [-0.2, 0) is 6.42 Å². The molecule has 0 amide bonds. The summed E-state index contributed by atoms with van der Waals surface area (Å²) in [6.45, 7) is 5.26. The smallest absolute Gasteiger partial charge is 0.0620 e. The average molecular weight is 261 g/mol. The summed E-state index contributed by atoms with van der Waals surface area (Å²) in [5.41, 5.74) is 5.38. The summed E-state index contributed by atoms with van der Waals surface area (Å²) in [7, 11) is 0. The Morgan fingerprint density at radius 3 is 2.32 bits per heavy atom. The van der Waals surface area contributed by atoms with Gasteiger partial charge in [0.1, 0.15) is 0 Å². The first-order chi connectivity index (χ1) is 9.36. The Labute approximate surface area is 117 Å². The molecule has 0 aliphatic heterocycles. The summed E-state index contributed by atoms with van der Waals surface area (Å²) >= 11 is 0. The number of unbranched alkanes of at least 4 members (excludes halogenated alkanes) is 4. The van der Waals surface area contributed by atoms with E-state index in [1.807, 2.05) is 0 Å². The molecule has 0 spiro atoms. The van der Waals surface area contributed by atoms with Gasteiger partial charge in [-0.05, 0) is 37.0 Å². The molecule has 0 aliphatic rings. The Balaban J connectivity index is 2.20. The molecule has 0 unspecified atom stereocenters. The first-order valence-corrected chi connectivity index (χ1v) is 7.58. The predicted octanol–water partition coefficient (Wildman–Crippen LogP) is 5.39. The van der Waals surface area contributed by atoms with Crippen LogP contribution in [0.15, 0.2) is 34.6 Å². The van der Waals surface area contributed by atoms with Crippen LogP contribution in [0.25, 0.3) is 0 Å². The van der Waals surface area contributed by atoms with E-state index < -0.39 is 0 Å². The molecule has 106 valence electrons. The van der Waals surface area contributed by atoms with Crippen LogP contribution in [0.5, 0.6) is 0 Å². The van der Waals surface area contributed by atoms with E-state index in [0.717, 1.165) is 25.1 Å². The van der Waals surface area contributed by atoms with Crippen molar-refractivity contribution < 1.29 is 0 Å². The lowest BCUT2D eigenvalue weighted by Gasteiger charge is -2.02. The number of nitrogens with one attached hydrogen (secondary N) is 1. The van der Waals surface area contributed by atoms with Crippen molar-refractivity contribution in [3.8, 4) is 0 Å². The topological polar surface area (TPSA) is 36.8 Å². The summed E-state index contributed by atoms with van der Waals surface area (Å²) in [5, 5.41) is 8.13. The summed E-state index contributed by atoms with van der Waals surface area (Å²) in [4.78, 5) is 0. The largest absolute Gasteiger partial charge is 0.260 e. The molecule has 0 saturated carbocycles. The number of aryl methyl sites for hydroxylation is 1. The third-order valence-electron chi connectivity index (χ3n) is 3.13. The van der Waals surface area contributed by atoms with E-state index in [2.05, 4.69) is 53.9 Å². The molecule has 1 aromatic rings. The molecule has 19 heavy (non-hydrogen) atoms. The molecule has 1 N–H and O–H groups in total. The second kappa shape index (κ2) is 10.5. The minimum absolute atomic E-state index is 0.821. The zero-order valence-corrected chi connectivity index (χ0v) is 12.4. The van der Waals surface area contributed by atoms with Gasteiger partial charge in [0.15, 0.2) is 0 Å². The van der Waals surface area contributed by atoms with Gasteiger partial charge >= 0.3 is 0 Å². The van der Waals surface area contributed by atoms with Crippen LogP contribution in [0.2, 0.25) is 0 Å². The van der Waals surface area contributed by atoms with Crippen LogP contribution in [0.4, 0.5) is 5.69 Å². The number of anilines is 1. The van der Waals surface area contributed by atoms with Crippen molar-refractivity contribution in [3.63, 3.8) is 0 Å². The van der Waals surface area contributed by atoms with Gasteiger partial charge in [0.25, 0.3) is 0 Å². The summed E-state index contributed by atoms with van der Waals surface area (Å²) in [6, 6.07) is 8.46. The SMILES string of the molecule is CCCCCCN=NNc1ccc(CCCC)cc1. The first kappa shape index (κ1) is 15.7. The van der Waals surface area contributed by atoms with Gasteiger partial charge in [-0.25, -0.2) is 0 Å². The molecule has 3 nitrogen and oxygen atoms in total. The summed E-state index contributed by atoms with van der Waals surface area (Å²) < 4.78 is 0. The maximum Gasteiger partial charge on any atom is 0.0620 e. The molecule has 0 atom stereocenters. The third-order valence-corrected chi connectivity index (χ3v) is 3.13. The van der Waals surface area contributed by atoms with Crippen molar-refractivity contribution in [1.82, 2.24) is 0 Å². The van der Waals surface area contributed by atoms with E-state index in [1.165, 1.54) is 37.7 Å². The van der Waals surface area contributed by atoms with Gasteiger partial charge < -0.3 is 0 Å². The second-order valence-electron chi connectivity index (χ2n) is 4.94. The van der Waals surface area contributed by atoms with Gasteiger partial charge in [-0.15, -0.1) is 0 Å². The van der Waals surface area contributed by atoms with E-state index in [9.17, 15) is 0 Å². The average Bonchev–Trinajstić information content (AvgIpc) is 2.45. The summed E-state index contributed by atoms with van der Waals surface area (Å²) in [6.07, 6.45) is 8.60. The van der Waals surface area contributed by atoms with Crippen LogP contribution in [0, 0.1) is 0 Å². The Kier molecular flexibility index (Phi) is 8.69. The number of rotatable bonds is 10. The lowest BCUT2D eigenvalue weighted by Crippen LogP contribution is -1.90. The molecular formula is C16H27N3. The van der Waals surface area contributed by atoms with Gasteiger partial charge in [0.2, 0.25) is 0 Å². The number of benzene rings is 1. The molecule has 0 aliphatic carbocycles. The fourth-order valence-electron chi connectivity index (χ4n) is 1.88. The Bertz CT molecular complexity index is 344. The van der Waals surface area contributed by atoms with Crippen LogP contribution in [-0.4, -0.2) is 6.54 Å². The highest BCUT2D eigenvalue weighted by Gasteiger charge is 1.93. The van der Waals surface area contributed by atoms with Crippen molar-refractivity contribution in [2.45, 2.75) is 58.8 Å². The zero-order chi connectivity index (χ0) is 13.8. The normalized spacial score (nSPS) is 11.1. The number of hydrogen-bond donors (Lipinski definition) is 1. The quantitative estimate of drug-likeness (QED) is 0.342. The molecule has 0 aromatic heterocycles. The van der Waals surface area contributed by atoms with Gasteiger partial charge in [0, 0.05) is 0 Å². The predicted molar refractivity (Wildman–Crippen MR) is 82.5 cm³/mol. The van der Waals surface area contributed by atoms with Crippen LogP contribution in [0.1, 0.15) is 57.9 Å². The van der Waals surface area contributed by atoms with Crippen LogP contribution >= 0.6 is 0 Å². The minimum Gasteiger partial charge on any atom is -0.260 e. The maximum absolute atomic E-state index is 4.12. The number of nitrogens with zero attached hydrogens (tertiary/aromatic N) is 2. The molecule has 0 fully saturated rings.